The molecule has 23 heavy (non-hydrogen) atoms. The van der Waals surface area contributed by atoms with Crippen LogP contribution in [0, 0.1) is 12.3 Å². The first kappa shape index (κ1) is 18.7. The van der Waals surface area contributed by atoms with Gasteiger partial charge in [-0.25, -0.2) is 8.42 Å². The Morgan fingerprint density at radius 1 is 1.26 bits per heavy atom. The van der Waals surface area contributed by atoms with Crippen LogP contribution in [0.15, 0.2) is 29.2 Å². The highest BCUT2D eigenvalue weighted by Gasteiger charge is 2.15. The minimum atomic E-state index is -3.77. The fourth-order valence-electron chi connectivity index (χ4n) is 1.61. The Balaban J connectivity index is 2.75. The van der Waals surface area contributed by atoms with E-state index in [0.29, 0.717) is 6.54 Å². The lowest BCUT2D eigenvalue weighted by atomic mass is 10.2. The molecule has 0 aromatic heterocycles. The van der Waals surface area contributed by atoms with Crippen LogP contribution in [0.4, 0.5) is 0 Å². The quantitative estimate of drug-likeness (QED) is 0.574. The molecule has 0 saturated heterocycles. The summed E-state index contributed by atoms with van der Waals surface area (Å²) in [6.07, 6.45) is 5.81. The average Bonchev–Trinajstić information content (AvgIpc) is 2.56. The number of hydrogen-bond acceptors (Lipinski definition) is 4. The lowest BCUT2D eigenvalue weighted by molar-refractivity contribution is -0.120. The molecule has 0 saturated carbocycles. The van der Waals surface area contributed by atoms with Crippen molar-refractivity contribution in [1.29, 1.82) is 0 Å². The largest absolute Gasteiger partial charge is 0.355 e. The maximum atomic E-state index is 12.0. The topological polar surface area (TPSA) is 104 Å². The molecule has 1 aromatic carbocycles. The van der Waals surface area contributed by atoms with Gasteiger partial charge >= 0.3 is 0 Å². The highest BCUT2D eigenvalue weighted by atomic mass is 32.2. The maximum Gasteiger partial charge on any atom is 0.251 e. The van der Waals surface area contributed by atoms with Crippen molar-refractivity contribution in [2.24, 2.45) is 0 Å². The van der Waals surface area contributed by atoms with Crippen molar-refractivity contribution in [2.45, 2.75) is 18.2 Å². The third-order valence-corrected chi connectivity index (χ3v) is 4.15. The standard InChI is InChI=1S/C15H19N3O4S/c1-3-8-16-14(19)11-17-15(20)12-6-5-7-13(10-12)23(21,22)18-9-4-2/h2,5-7,10,18H,3,8-9,11H2,1H3,(H,16,19)(H,17,20). The Hall–Kier alpha value is -2.37. The molecule has 7 nitrogen and oxygen atoms in total. The summed E-state index contributed by atoms with van der Waals surface area (Å²) in [5, 5.41) is 5.05. The molecule has 3 N–H and O–H groups in total. The summed E-state index contributed by atoms with van der Waals surface area (Å²) in [5.74, 6) is 1.32. The first-order valence-corrected chi connectivity index (χ1v) is 8.47. The lowest BCUT2D eigenvalue weighted by Crippen LogP contribution is -2.37. The number of benzene rings is 1. The number of terminal acetylenes is 1. The molecule has 0 radical (unpaired) electrons. The minimum absolute atomic E-state index is 0.0733. The highest BCUT2D eigenvalue weighted by molar-refractivity contribution is 7.89. The molecule has 0 bridgehead atoms. The smallest absolute Gasteiger partial charge is 0.251 e. The van der Waals surface area contributed by atoms with Crippen LogP contribution < -0.4 is 15.4 Å². The van der Waals surface area contributed by atoms with Crippen molar-refractivity contribution in [3.8, 4) is 12.3 Å². The van der Waals surface area contributed by atoms with Crippen molar-refractivity contribution in [3.05, 3.63) is 29.8 Å². The normalized spacial score (nSPS) is 10.6. The molecular formula is C15H19N3O4S. The predicted molar refractivity (Wildman–Crippen MR) is 86.1 cm³/mol. The van der Waals surface area contributed by atoms with Crippen molar-refractivity contribution in [1.82, 2.24) is 15.4 Å². The summed E-state index contributed by atoms with van der Waals surface area (Å²) in [4.78, 5) is 23.3. The van der Waals surface area contributed by atoms with Crippen LogP contribution in [-0.2, 0) is 14.8 Å². The lowest BCUT2D eigenvalue weighted by Gasteiger charge is -2.08. The molecule has 0 aliphatic heterocycles. The molecule has 0 fully saturated rings. The molecular weight excluding hydrogens is 318 g/mol. The molecule has 0 atom stereocenters. The van der Waals surface area contributed by atoms with E-state index in [9.17, 15) is 18.0 Å². The molecule has 8 heteroatoms. The molecule has 1 aromatic rings. The summed E-state index contributed by atoms with van der Waals surface area (Å²) in [6, 6.07) is 5.47. The zero-order valence-corrected chi connectivity index (χ0v) is 13.6. The van der Waals surface area contributed by atoms with Gasteiger partial charge in [0.25, 0.3) is 5.91 Å². The van der Waals surface area contributed by atoms with E-state index in [-0.39, 0.29) is 29.5 Å². The number of carbonyl (C=O) groups is 2. The molecule has 124 valence electrons. The van der Waals surface area contributed by atoms with Crippen molar-refractivity contribution < 1.29 is 18.0 Å². The van der Waals surface area contributed by atoms with Crippen molar-refractivity contribution in [3.63, 3.8) is 0 Å². The zero-order chi connectivity index (χ0) is 17.3. The highest BCUT2D eigenvalue weighted by Crippen LogP contribution is 2.11. The van der Waals surface area contributed by atoms with E-state index in [1.807, 2.05) is 6.92 Å². The van der Waals surface area contributed by atoms with Crippen LogP contribution in [0.3, 0.4) is 0 Å². The first-order chi connectivity index (χ1) is 10.9. The van der Waals surface area contributed by atoms with Gasteiger partial charge in [0.2, 0.25) is 15.9 Å². The molecule has 2 amide bonds. The molecule has 0 heterocycles. The fourth-order valence-corrected chi connectivity index (χ4v) is 2.59. The molecule has 0 aliphatic carbocycles. The van der Waals surface area contributed by atoms with Crippen molar-refractivity contribution >= 4 is 21.8 Å². The fraction of sp³-hybridized carbons (Fsp3) is 0.333. The Bertz CT molecular complexity index is 708. The van der Waals surface area contributed by atoms with Gasteiger partial charge < -0.3 is 10.6 Å². The van der Waals surface area contributed by atoms with Gasteiger partial charge in [0.05, 0.1) is 18.0 Å². The van der Waals surface area contributed by atoms with Crippen LogP contribution in [0.1, 0.15) is 23.7 Å². The van der Waals surface area contributed by atoms with Crippen LogP contribution in [-0.4, -0.2) is 39.9 Å². The minimum Gasteiger partial charge on any atom is -0.355 e. The summed E-state index contributed by atoms with van der Waals surface area (Å²) in [7, 11) is -3.77. The number of amides is 2. The monoisotopic (exact) mass is 337 g/mol. The second kappa shape index (κ2) is 8.92. The SMILES string of the molecule is C#CCNS(=O)(=O)c1cccc(C(=O)NCC(=O)NCCC)c1. The summed E-state index contributed by atoms with van der Waals surface area (Å²) in [5.41, 5.74) is 0.136. The summed E-state index contributed by atoms with van der Waals surface area (Å²) in [6.45, 7) is 2.13. The van der Waals surface area contributed by atoms with E-state index >= 15 is 0 Å². The summed E-state index contributed by atoms with van der Waals surface area (Å²) >= 11 is 0. The number of nitrogens with one attached hydrogen (secondary N) is 3. The summed E-state index contributed by atoms with van der Waals surface area (Å²) < 4.78 is 26.1. The Morgan fingerprint density at radius 2 is 2.00 bits per heavy atom. The second-order valence-electron chi connectivity index (χ2n) is 4.59. The van der Waals surface area contributed by atoms with E-state index in [0.717, 1.165) is 6.42 Å². The van der Waals surface area contributed by atoms with E-state index in [1.165, 1.54) is 24.3 Å². The third-order valence-electron chi connectivity index (χ3n) is 2.75. The van der Waals surface area contributed by atoms with Gasteiger partial charge in [0, 0.05) is 12.1 Å². The van der Waals surface area contributed by atoms with Gasteiger partial charge in [-0.1, -0.05) is 18.9 Å². The number of hydrogen-bond donors (Lipinski definition) is 3. The number of carbonyl (C=O) groups excluding carboxylic acids is 2. The molecule has 0 spiro atoms. The van der Waals surface area contributed by atoms with E-state index in [1.54, 1.807) is 0 Å². The maximum absolute atomic E-state index is 12.0. The van der Waals surface area contributed by atoms with Crippen LogP contribution in [0.5, 0.6) is 0 Å². The number of sulfonamides is 1. The third kappa shape index (κ3) is 6.10. The molecule has 0 aliphatic rings. The zero-order valence-electron chi connectivity index (χ0n) is 12.8. The van der Waals surface area contributed by atoms with E-state index < -0.39 is 15.9 Å². The van der Waals surface area contributed by atoms with Crippen LogP contribution in [0.2, 0.25) is 0 Å². The number of rotatable bonds is 8. The average molecular weight is 337 g/mol. The molecule has 0 unspecified atom stereocenters. The van der Waals surface area contributed by atoms with Gasteiger partial charge in [-0.15, -0.1) is 6.42 Å². The van der Waals surface area contributed by atoms with Gasteiger partial charge in [-0.05, 0) is 24.6 Å². The predicted octanol–water partition coefficient (Wildman–Crippen LogP) is -0.146. The van der Waals surface area contributed by atoms with E-state index in [4.69, 9.17) is 6.42 Å². The Kier molecular flexibility index (Phi) is 7.25. The first-order valence-electron chi connectivity index (χ1n) is 6.98. The van der Waals surface area contributed by atoms with Gasteiger partial charge in [-0.3, -0.25) is 9.59 Å². The van der Waals surface area contributed by atoms with Gasteiger partial charge in [0.1, 0.15) is 0 Å². The van der Waals surface area contributed by atoms with Crippen LogP contribution in [0.25, 0.3) is 0 Å². The molecule has 1 rings (SSSR count). The van der Waals surface area contributed by atoms with Gasteiger partial charge in [0.15, 0.2) is 0 Å². The van der Waals surface area contributed by atoms with Crippen molar-refractivity contribution in [2.75, 3.05) is 19.6 Å². The Morgan fingerprint density at radius 3 is 2.65 bits per heavy atom. The second-order valence-corrected chi connectivity index (χ2v) is 6.36. The Labute approximate surface area is 135 Å². The van der Waals surface area contributed by atoms with Gasteiger partial charge in [-0.2, -0.15) is 4.72 Å². The van der Waals surface area contributed by atoms with E-state index in [2.05, 4.69) is 21.3 Å². The van der Waals surface area contributed by atoms with Crippen LogP contribution >= 0.6 is 0 Å².